The van der Waals surface area contributed by atoms with E-state index in [1.165, 1.54) is 9.13 Å². The van der Waals surface area contributed by atoms with Crippen LogP contribution in [0.1, 0.15) is 28.8 Å². The normalized spacial score (nSPS) is 17.0. The Morgan fingerprint density at radius 3 is 1.65 bits per heavy atom. The highest BCUT2D eigenvalue weighted by molar-refractivity contribution is 6.18. The van der Waals surface area contributed by atoms with Gasteiger partial charge < -0.3 is 13.7 Å². The van der Waals surface area contributed by atoms with Gasteiger partial charge >= 0.3 is 0 Å². The van der Waals surface area contributed by atoms with Crippen LogP contribution in [0.2, 0.25) is 0 Å². The van der Waals surface area contributed by atoms with Crippen LogP contribution in [0.15, 0.2) is 212 Å². The first-order valence-electron chi connectivity index (χ1n) is 28.4. The third-order valence-corrected chi connectivity index (χ3v) is 10.2. The number of hydrogen-bond donors (Lipinski definition) is 0. The van der Waals surface area contributed by atoms with Crippen LogP contribution < -0.4 is 0 Å². The number of rotatable bonds is 5. The van der Waals surface area contributed by atoms with Crippen LogP contribution in [0.4, 0.5) is 0 Å². The van der Waals surface area contributed by atoms with Crippen molar-refractivity contribution in [2.75, 3.05) is 0 Å². The zero-order valence-electron chi connectivity index (χ0n) is 50.4. The highest BCUT2D eigenvalue weighted by atomic mass is 15.0. The van der Waals surface area contributed by atoms with Gasteiger partial charge in [0.1, 0.15) is 0 Å². The first kappa shape index (κ1) is 17.5. The van der Waals surface area contributed by atoms with Crippen molar-refractivity contribution < 1.29 is 28.8 Å². The fourth-order valence-electron chi connectivity index (χ4n) is 7.79. The number of aromatic nitrogens is 3. The Labute approximate surface area is 359 Å². The van der Waals surface area contributed by atoms with Crippen molar-refractivity contribution in [3.05, 3.63) is 212 Å². The molecule has 266 valence electrons. The monoisotopic (exact) mass is 746 g/mol. The third-order valence-electron chi connectivity index (χ3n) is 10.2. The van der Waals surface area contributed by atoms with Gasteiger partial charge in [0.05, 0.1) is 61.9 Å². The van der Waals surface area contributed by atoms with E-state index in [1.54, 1.807) is 48.5 Å². The molecule has 12 aromatic rings. The average molecular weight is 747 g/mol. The molecular formula is C54H35N3. The van der Waals surface area contributed by atoms with Gasteiger partial charge in [-0.15, -0.1) is 0 Å². The highest BCUT2D eigenvalue weighted by Gasteiger charge is 2.20. The van der Waals surface area contributed by atoms with Gasteiger partial charge in [-0.25, -0.2) is 0 Å². The molecule has 3 heterocycles. The number of fused-ring (bicyclic) bond motifs is 9. The highest BCUT2D eigenvalue weighted by Crippen LogP contribution is 2.42. The number of para-hydroxylation sites is 4. The van der Waals surface area contributed by atoms with E-state index < -0.39 is 166 Å². The van der Waals surface area contributed by atoms with Crippen molar-refractivity contribution >= 4 is 65.4 Å². The van der Waals surface area contributed by atoms with Gasteiger partial charge in [0, 0.05) is 49.4 Å². The number of benzene rings is 9. The SMILES string of the molecule is [2H]c1c([2H])c([2H])c2c(c1[2H])c1c([2H])c([2H])c(-n3c4c([2H])c([2H])c([2H])c([2H])c4c4c([2H])c(-c5c([2H])c([2H])c([2H])c6c5c5c([2H])c([2H])c([2H])c([2H])c5n6-c5cccc(-c6ccccc6)c5)c([2H])c([2H])c43)c([2H])c1n2-c1ccccc1. The van der Waals surface area contributed by atoms with Gasteiger partial charge in [-0.2, -0.15) is 0 Å². The molecule has 0 saturated heterocycles. The van der Waals surface area contributed by atoms with Crippen molar-refractivity contribution in [3.8, 4) is 39.3 Å². The Morgan fingerprint density at radius 2 is 0.877 bits per heavy atom. The van der Waals surface area contributed by atoms with E-state index in [0.29, 0.717) is 5.56 Å². The minimum Gasteiger partial charge on any atom is -0.309 e. The number of hydrogen-bond acceptors (Lipinski definition) is 0. The van der Waals surface area contributed by atoms with Crippen LogP contribution in [0.5, 0.6) is 0 Å². The standard InChI is InChI=1S/C54H35N3/c1-3-15-36(16-4-1)37-17-13-20-40(33-37)57-50-27-12-9-23-46(50)54-42(24-14-28-52(54)57)38-29-32-51-47(34-38)44-22-8-11-26-49(44)56(51)41-30-31-45-43-21-7-10-25-48(43)55(53(45)35-41)39-18-5-2-6-19-39/h1-35H/i7D,8D,9D,10D,11D,12D,14D,21D,22D,23D,24D,25D,26D,27D,28D,29D,30D,31D,32D,34D,35D. The zero-order valence-corrected chi connectivity index (χ0v) is 29.4. The minimum atomic E-state index is -0.862. The molecule has 0 aliphatic rings. The van der Waals surface area contributed by atoms with Crippen molar-refractivity contribution in [1.82, 2.24) is 13.7 Å². The maximum atomic E-state index is 10.2. The molecule has 0 aliphatic heterocycles. The Hall–Kier alpha value is -7.62. The van der Waals surface area contributed by atoms with E-state index in [-0.39, 0.29) is 55.0 Å². The molecule has 0 fully saturated rings. The summed E-state index contributed by atoms with van der Waals surface area (Å²) < 4.78 is 200. The van der Waals surface area contributed by atoms with Gasteiger partial charge in [0.2, 0.25) is 0 Å². The molecule has 0 unspecified atom stereocenters. The Bertz CT molecular complexity index is 4740. The van der Waals surface area contributed by atoms with E-state index in [1.807, 2.05) is 36.4 Å². The molecular weight excluding hydrogens is 691 g/mol. The van der Waals surface area contributed by atoms with E-state index in [4.69, 9.17) is 11.0 Å². The lowest BCUT2D eigenvalue weighted by Gasteiger charge is -2.12. The zero-order chi connectivity index (χ0) is 55.7. The summed E-state index contributed by atoms with van der Waals surface area (Å²) in [4.78, 5) is 0. The van der Waals surface area contributed by atoms with Crippen molar-refractivity contribution in [3.63, 3.8) is 0 Å². The molecule has 0 bridgehead atoms. The molecule has 3 nitrogen and oxygen atoms in total. The fourth-order valence-corrected chi connectivity index (χ4v) is 7.79. The van der Waals surface area contributed by atoms with Gasteiger partial charge in [0.25, 0.3) is 0 Å². The third kappa shape index (κ3) is 4.79. The molecule has 0 saturated carbocycles. The lowest BCUT2D eigenvalue weighted by Crippen LogP contribution is -1.96. The van der Waals surface area contributed by atoms with E-state index in [9.17, 15) is 17.8 Å². The average Bonchev–Trinajstić information content (AvgIpc) is 4.30. The topological polar surface area (TPSA) is 14.8 Å². The van der Waals surface area contributed by atoms with E-state index in [2.05, 4.69) is 0 Å². The maximum Gasteiger partial charge on any atom is 0.0667 e. The van der Waals surface area contributed by atoms with Gasteiger partial charge in [-0.05, 0) is 94.9 Å². The molecule has 9 aromatic carbocycles. The second-order valence-corrected chi connectivity index (χ2v) is 13.3. The lowest BCUT2D eigenvalue weighted by molar-refractivity contribution is 1.15. The quantitative estimate of drug-likeness (QED) is 0.167. The summed E-state index contributed by atoms with van der Waals surface area (Å²) in [5, 5.41) is -1.83. The predicted molar refractivity (Wildman–Crippen MR) is 240 cm³/mol. The second-order valence-electron chi connectivity index (χ2n) is 13.3. The lowest BCUT2D eigenvalue weighted by atomic mass is 9.98. The van der Waals surface area contributed by atoms with Crippen molar-refractivity contribution in [1.29, 1.82) is 0 Å². The molecule has 0 amide bonds. The first-order chi connectivity index (χ1) is 37.1. The summed E-state index contributed by atoms with van der Waals surface area (Å²) in [6.07, 6.45) is 0. The summed E-state index contributed by atoms with van der Waals surface area (Å²) >= 11 is 0. The van der Waals surface area contributed by atoms with Gasteiger partial charge in [-0.3, -0.25) is 0 Å². The fraction of sp³-hybridized carbons (Fsp3) is 0. The second kappa shape index (κ2) is 12.5. The smallest absolute Gasteiger partial charge is 0.0667 e. The van der Waals surface area contributed by atoms with Crippen LogP contribution in [0.25, 0.3) is 105 Å². The molecule has 3 aromatic heterocycles. The molecule has 0 radical (unpaired) electrons. The summed E-state index contributed by atoms with van der Waals surface area (Å²) in [5.41, 5.74) is -1.41. The Balaban J connectivity index is 1.28. The minimum absolute atomic E-state index is 0.141. The Morgan fingerprint density at radius 1 is 0.316 bits per heavy atom. The molecule has 0 spiro atoms. The molecule has 12 rings (SSSR count). The first-order valence-corrected chi connectivity index (χ1v) is 17.9. The molecule has 0 atom stereocenters. The van der Waals surface area contributed by atoms with Crippen molar-refractivity contribution in [2.45, 2.75) is 0 Å². The van der Waals surface area contributed by atoms with Crippen LogP contribution in [0, 0.1) is 0 Å². The Kier molecular flexibility index (Phi) is 3.81. The number of nitrogens with zero attached hydrogens (tertiary/aromatic N) is 3. The molecule has 0 N–H and O–H groups in total. The molecule has 57 heavy (non-hydrogen) atoms. The molecule has 0 aliphatic carbocycles. The van der Waals surface area contributed by atoms with Crippen LogP contribution in [-0.2, 0) is 0 Å². The van der Waals surface area contributed by atoms with Crippen LogP contribution in [-0.4, -0.2) is 13.7 Å². The summed E-state index contributed by atoms with van der Waals surface area (Å²) in [6.45, 7) is 0. The van der Waals surface area contributed by atoms with Crippen LogP contribution in [0.3, 0.4) is 0 Å². The maximum absolute atomic E-state index is 10.2. The van der Waals surface area contributed by atoms with Crippen molar-refractivity contribution in [2.24, 2.45) is 0 Å². The van der Waals surface area contributed by atoms with E-state index >= 15 is 0 Å². The largest absolute Gasteiger partial charge is 0.309 e. The van der Waals surface area contributed by atoms with Crippen LogP contribution >= 0.6 is 0 Å². The summed E-state index contributed by atoms with van der Waals surface area (Å²) in [6, 6.07) is 9.40. The predicted octanol–water partition coefficient (Wildman–Crippen LogP) is 14.3. The van der Waals surface area contributed by atoms with Gasteiger partial charge in [-0.1, -0.05) is 139 Å². The molecule has 3 heteroatoms. The van der Waals surface area contributed by atoms with Gasteiger partial charge in [0.15, 0.2) is 0 Å². The summed E-state index contributed by atoms with van der Waals surface area (Å²) in [7, 11) is 0. The van der Waals surface area contributed by atoms with E-state index in [0.717, 1.165) is 10.1 Å². The summed E-state index contributed by atoms with van der Waals surface area (Å²) in [5.74, 6) is 0.